The Labute approximate surface area is 366 Å². The van der Waals surface area contributed by atoms with E-state index in [1.165, 1.54) is 6.92 Å². The number of carbonyl (C=O) groups is 6. The summed E-state index contributed by atoms with van der Waals surface area (Å²) in [5.41, 5.74) is 0. The minimum absolute atomic E-state index is 0.0113. The number of hydrogen-bond acceptors (Lipinski definition) is 18. The highest BCUT2D eigenvalue weighted by Gasteiger charge is 2.06. The molecule has 3 N–H and O–H groups in total. The maximum Gasteiger partial charge on any atom is 0.246 e. The quantitative estimate of drug-likeness (QED) is 0.0659. The standard InChI is InChI=1S/C41H75N3O18/c1-3-4-12-51-20-27-60-33-39(48)43-10-16-55-22-29-62-35-41(50)44-11-17-56-23-28-61-34-40(49)42-9-15-54-21-26-59-32-38(47)8-6-14-53-19-25-58-31-37(46)7-5-13-52-18-24-57-30-36(2)45/h3-35H2,1-2H3,(H,42,49)(H,43,48)(H,44,50). The van der Waals surface area contributed by atoms with Crippen molar-refractivity contribution in [3.05, 3.63) is 0 Å². The number of Topliss-reactive ketones (excluding diaryl/α,β-unsaturated/α-hetero) is 3. The Balaban J connectivity index is 3.38. The van der Waals surface area contributed by atoms with E-state index in [1.807, 2.05) is 0 Å². The van der Waals surface area contributed by atoms with Gasteiger partial charge in [0, 0.05) is 52.3 Å². The van der Waals surface area contributed by atoms with Gasteiger partial charge in [-0.2, -0.15) is 0 Å². The maximum atomic E-state index is 12.0. The van der Waals surface area contributed by atoms with Crippen LogP contribution in [0.15, 0.2) is 0 Å². The first-order valence-electron chi connectivity index (χ1n) is 21.5. The van der Waals surface area contributed by atoms with Crippen molar-refractivity contribution in [3.8, 4) is 0 Å². The highest BCUT2D eigenvalue weighted by molar-refractivity contribution is 5.80. The van der Waals surface area contributed by atoms with Crippen LogP contribution in [0.3, 0.4) is 0 Å². The van der Waals surface area contributed by atoms with E-state index in [2.05, 4.69) is 22.9 Å². The SMILES string of the molecule is CCCCOCCOCC(=O)NCCOCCOCC(=O)NCCOCCOCC(=O)NCCOCCOCC(=O)CCCOCCOCC(=O)CCCOCCOCC(C)=O. The molecule has 0 atom stereocenters. The molecule has 0 aliphatic rings. The summed E-state index contributed by atoms with van der Waals surface area (Å²) in [6.45, 7) is 10.2. The van der Waals surface area contributed by atoms with Gasteiger partial charge >= 0.3 is 0 Å². The van der Waals surface area contributed by atoms with Crippen molar-refractivity contribution < 1.29 is 85.6 Å². The van der Waals surface area contributed by atoms with E-state index in [4.69, 9.17) is 56.8 Å². The molecular formula is C41H75N3O18. The molecule has 0 aromatic heterocycles. The third-order valence-electron chi connectivity index (χ3n) is 7.60. The van der Waals surface area contributed by atoms with Crippen molar-refractivity contribution in [2.24, 2.45) is 0 Å². The molecule has 21 nitrogen and oxygen atoms in total. The van der Waals surface area contributed by atoms with Gasteiger partial charge in [0.1, 0.15) is 39.6 Å². The minimum Gasteiger partial charge on any atom is -0.379 e. The molecule has 0 unspecified atom stereocenters. The molecule has 0 bridgehead atoms. The number of amides is 3. The zero-order chi connectivity index (χ0) is 45.4. The number of unbranched alkanes of at least 4 members (excludes halogenated alkanes) is 1. The van der Waals surface area contributed by atoms with E-state index < -0.39 is 0 Å². The Morgan fingerprint density at radius 1 is 0.323 bits per heavy atom. The van der Waals surface area contributed by atoms with E-state index in [1.54, 1.807) is 0 Å². The predicted molar refractivity (Wildman–Crippen MR) is 223 cm³/mol. The summed E-state index contributed by atoms with van der Waals surface area (Å²) in [5.74, 6) is -0.927. The zero-order valence-corrected chi connectivity index (χ0v) is 37.2. The second-order valence-electron chi connectivity index (χ2n) is 13.4. The van der Waals surface area contributed by atoms with E-state index in [0.717, 1.165) is 12.8 Å². The van der Waals surface area contributed by atoms with Crippen molar-refractivity contribution in [2.75, 3.05) is 178 Å². The van der Waals surface area contributed by atoms with E-state index in [-0.39, 0.29) is 134 Å². The van der Waals surface area contributed by atoms with Gasteiger partial charge in [0.15, 0.2) is 17.3 Å². The Morgan fingerprint density at radius 3 is 0.919 bits per heavy atom. The molecule has 0 aromatic rings. The molecule has 0 aliphatic heterocycles. The first-order chi connectivity index (χ1) is 30.2. The van der Waals surface area contributed by atoms with Gasteiger partial charge in [-0.05, 0) is 26.2 Å². The normalized spacial score (nSPS) is 11.1. The van der Waals surface area contributed by atoms with Crippen LogP contribution in [0.1, 0.15) is 52.4 Å². The van der Waals surface area contributed by atoms with Crippen molar-refractivity contribution in [1.82, 2.24) is 16.0 Å². The Hall–Kier alpha value is -3.06. The molecule has 0 radical (unpaired) electrons. The first kappa shape index (κ1) is 58.9. The highest BCUT2D eigenvalue weighted by atomic mass is 16.5. The number of ketones is 3. The smallest absolute Gasteiger partial charge is 0.246 e. The second-order valence-corrected chi connectivity index (χ2v) is 13.4. The summed E-state index contributed by atoms with van der Waals surface area (Å²) in [4.78, 5) is 70.0. The van der Waals surface area contributed by atoms with Crippen LogP contribution in [0.4, 0.5) is 0 Å². The molecule has 0 heterocycles. The highest BCUT2D eigenvalue weighted by Crippen LogP contribution is 1.96. The average molecular weight is 898 g/mol. The molecule has 0 saturated carbocycles. The second kappa shape index (κ2) is 47.4. The monoisotopic (exact) mass is 898 g/mol. The van der Waals surface area contributed by atoms with Crippen LogP contribution in [0, 0.1) is 0 Å². The van der Waals surface area contributed by atoms with Gasteiger partial charge in [-0.3, -0.25) is 28.8 Å². The molecular weight excluding hydrogens is 822 g/mol. The summed E-state index contributed by atoms with van der Waals surface area (Å²) in [5, 5.41) is 8.02. The Bertz CT molecular complexity index is 1120. The Kier molecular flexibility index (Phi) is 45.1. The molecule has 0 rings (SSSR count). The average Bonchev–Trinajstić information content (AvgIpc) is 3.25. The van der Waals surface area contributed by atoms with Gasteiger partial charge in [-0.1, -0.05) is 13.3 Å². The van der Waals surface area contributed by atoms with Crippen LogP contribution in [0.2, 0.25) is 0 Å². The summed E-state index contributed by atoms with van der Waals surface area (Å²) in [7, 11) is 0. The fraction of sp³-hybridized carbons (Fsp3) is 0.854. The summed E-state index contributed by atoms with van der Waals surface area (Å²) >= 11 is 0. The minimum atomic E-state index is -0.299. The molecule has 0 aliphatic carbocycles. The van der Waals surface area contributed by atoms with Gasteiger partial charge in [0.25, 0.3) is 0 Å². The van der Waals surface area contributed by atoms with Crippen LogP contribution in [0.5, 0.6) is 0 Å². The topological polar surface area (TPSA) is 249 Å². The van der Waals surface area contributed by atoms with Crippen LogP contribution in [-0.2, 0) is 85.6 Å². The van der Waals surface area contributed by atoms with Gasteiger partial charge in [-0.25, -0.2) is 0 Å². The largest absolute Gasteiger partial charge is 0.379 e. The van der Waals surface area contributed by atoms with Crippen molar-refractivity contribution in [1.29, 1.82) is 0 Å². The Morgan fingerprint density at radius 2 is 0.597 bits per heavy atom. The summed E-state index contributed by atoms with van der Waals surface area (Å²) < 4.78 is 63.8. The van der Waals surface area contributed by atoms with Crippen LogP contribution >= 0.6 is 0 Å². The molecule has 0 aromatic carbocycles. The predicted octanol–water partition coefficient (Wildman–Crippen LogP) is -0.378. The summed E-state index contributed by atoms with van der Waals surface area (Å²) in [6.07, 6.45) is 3.88. The van der Waals surface area contributed by atoms with Crippen molar-refractivity contribution in [2.45, 2.75) is 52.4 Å². The molecule has 0 spiro atoms. The first-order valence-corrected chi connectivity index (χ1v) is 21.5. The van der Waals surface area contributed by atoms with Crippen LogP contribution in [-0.4, -0.2) is 213 Å². The zero-order valence-electron chi connectivity index (χ0n) is 37.2. The number of ether oxygens (including phenoxy) is 12. The van der Waals surface area contributed by atoms with Crippen molar-refractivity contribution in [3.63, 3.8) is 0 Å². The van der Waals surface area contributed by atoms with Gasteiger partial charge in [0.2, 0.25) is 17.7 Å². The third-order valence-corrected chi connectivity index (χ3v) is 7.60. The van der Waals surface area contributed by atoms with Gasteiger partial charge < -0.3 is 72.8 Å². The van der Waals surface area contributed by atoms with E-state index in [0.29, 0.717) is 105 Å². The maximum absolute atomic E-state index is 12.0. The molecule has 0 saturated heterocycles. The molecule has 3 amide bonds. The number of rotatable bonds is 50. The molecule has 0 fully saturated rings. The number of hydrogen-bond donors (Lipinski definition) is 3. The van der Waals surface area contributed by atoms with Crippen molar-refractivity contribution >= 4 is 35.1 Å². The number of nitrogens with one attached hydrogen (secondary N) is 3. The lowest BCUT2D eigenvalue weighted by molar-refractivity contribution is -0.128. The molecule has 62 heavy (non-hydrogen) atoms. The van der Waals surface area contributed by atoms with Crippen LogP contribution < -0.4 is 16.0 Å². The lowest BCUT2D eigenvalue weighted by atomic mass is 10.2. The van der Waals surface area contributed by atoms with E-state index >= 15 is 0 Å². The summed E-state index contributed by atoms with van der Waals surface area (Å²) in [6, 6.07) is 0. The van der Waals surface area contributed by atoms with Crippen LogP contribution in [0.25, 0.3) is 0 Å². The third kappa shape index (κ3) is 48.0. The van der Waals surface area contributed by atoms with E-state index in [9.17, 15) is 28.8 Å². The fourth-order valence-corrected chi connectivity index (χ4v) is 4.48. The van der Waals surface area contributed by atoms with Gasteiger partial charge in [-0.15, -0.1) is 0 Å². The van der Waals surface area contributed by atoms with Gasteiger partial charge in [0.05, 0.1) is 99.1 Å². The molecule has 362 valence electrons. The lowest BCUT2D eigenvalue weighted by Crippen LogP contribution is -2.32. The lowest BCUT2D eigenvalue weighted by Gasteiger charge is -2.09. The number of carbonyl (C=O) groups excluding carboxylic acids is 6. The fourth-order valence-electron chi connectivity index (χ4n) is 4.48. The molecule has 21 heteroatoms.